The quantitative estimate of drug-likeness (QED) is 0.0195. The zero-order valence-corrected chi connectivity index (χ0v) is 47.8. The third-order valence-electron chi connectivity index (χ3n) is 12.7. The van der Waals surface area contributed by atoms with Crippen molar-refractivity contribution in [3.63, 3.8) is 0 Å². The van der Waals surface area contributed by atoms with Crippen LogP contribution in [-0.4, -0.2) is 99.6 Å². The SMILES string of the molecule is CC/C=C\C/C=C\C/C=C\C/C=C\C/C=C\C/C=C\CC(O)C(=O)NC(COC1OC(CO)C(O)C(O)C1OC(=O)CCC/C=C\C/C=C\C/C=C\C/C=C\C/C=C\CC)C(O)/C=C/CCCCCCCCCCCCC. The summed E-state index contributed by atoms with van der Waals surface area (Å²) in [6, 6.07) is -1.09. The van der Waals surface area contributed by atoms with E-state index in [0.717, 1.165) is 89.9 Å². The maximum Gasteiger partial charge on any atom is 0.306 e. The van der Waals surface area contributed by atoms with Gasteiger partial charge in [0.05, 0.1) is 25.4 Å². The number of allylic oxidation sites excluding steroid dienone is 22. The van der Waals surface area contributed by atoms with Crippen LogP contribution < -0.4 is 5.32 Å². The maximum atomic E-state index is 13.4. The molecule has 1 amide bonds. The lowest BCUT2D eigenvalue weighted by Gasteiger charge is -2.41. The van der Waals surface area contributed by atoms with Crippen molar-refractivity contribution in [2.75, 3.05) is 13.2 Å². The van der Waals surface area contributed by atoms with Gasteiger partial charge in [0, 0.05) is 12.8 Å². The number of nitrogens with one attached hydrogen (secondary N) is 1. The van der Waals surface area contributed by atoms with E-state index >= 15 is 0 Å². The Morgan fingerprint density at radius 1 is 0.519 bits per heavy atom. The molecule has 0 aromatic rings. The van der Waals surface area contributed by atoms with Crippen molar-refractivity contribution in [1.29, 1.82) is 0 Å². The molecule has 434 valence electrons. The minimum absolute atomic E-state index is 0.0275. The number of unbranched alkanes of at least 4 members (excludes halogenated alkanes) is 12. The lowest BCUT2D eigenvalue weighted by atomic mass is 9.99. The molecule has 1 aliphatic rings. The predicted molar refractivity (Wildman–Crippen MR) is 319 cm³/mol. The standard InChI is InChI=1S/C66H105NO10/c1-4-7-10-13-16-19-22-25-27-29-31-32-35-38-41-44-47-50-53-59(70)65(74)67-57(58(69)52-49-46-43-40-37-34-24-21-18-15-12-9-6-3)56-75-66-64(63(73)62(72)60(55-68)76-66)77-61(71)54-51-48-45-42-39-36-33-30-28-26-23-20-17-14-11-8-5-2/h7-8,10-11,16-17,19-20,25-28,31-33,36,38,41-42,45,47,49-50,52,57-60,62-64,66,68-70,72-73H,4-6,9,12-15,18,21-24,29-30,34-35,37,39-40,43-44,46,48,51,53-56H2,1-3H3,(H,67,74)/b10-7-,11-8-,19-16-,20-17-,27-25-,28-26-,32-31-,36-33-,41-38-,45-42-,50-47-,52-49+. The second-order valence-corrected chi connectivity index (χ2v) is 19.6. The van der Waals surface area contributed by atoms with Crippen LogP contribution in [0.4, 0.5) is 0 Å². The van der Waals surface area contributed by atoms with Gasteiger partial charge in [0.25, 0.3) is 0 Å². The fraction of sp³-hybridized carbons (Fsp3) is 0.606. The first-order valence-corrected chi connectivity index (χ1v) is 29.6. The third kappa shape index (κ3) is 40.4. The molecule has 0 aromatic carbocycles. The number of ether oxygens (including phenoxy) is 3. The van der Waals surface area contributed by atoms with Crippen LogP contribution in [0.2, 0.25) is 0 Å². The Morgan fingerprint density at radius 3 is 1.39 bits per heavy atom. The molecular weight excluding hydrogens is 967 g/mol. The van der Waals surface area contributed by atoms with Gasteiger partial charge < -0.3 is 45.1 Å². The number of aliphatic hydroxyl groups is 5. The van der Waals surface area contributed by atoms with Crippen molar-refractivity contribution >= 4 is 11.9 Å². The summed E-state index contributed by atoms with van der Waals surface area (Å²) in [5, 5.41) is 56.8. The van der Waals surface area contributed by atoms with Gasteiger partial charge in [-0.3, -0.25) is 9.59 Å². The minimum atomic E-state index is -1.66. The fourth-order valence-corrected chi connectivity index (χ4v) is 8.11. The number of aliphatic hydroxyl groups excluding tert-OH is 5. The molecule has 0 aliphatic carbocycles. The normalized spacial score (nSPS) is 20.1. The molecular formula is C66H105NO10. The van der Waals surface area contributed by atoms with Crippen molar-refractivity contribution in [3.8, 4) is 0 Å². The molecule has 8 unspecified atom stereocenters. The topological polar surface area (TPSA) is 175 Å². The van der Waals surface area contributed by atoms with Gasteiger partial charge >= 0.3 is 5.97 Å². The Kier molecular flexibility index (Phi) is 47.9. The largest absolute Gasteiger partial charge is 0.454 e. The highest BCUT2D eigenvalue weighted by Gasteiger charge is 2.47. The highest BCUT2D eigenvalue weighted by molar-refractivity contribution is 5.81. The number of hydrogen-bond donors (Lipinski definition) is 6. The summed E-state index contributed by atoms with van der Waals surface area (Å²) in [4.78, 5) is 26.5. The summed E-state index contributed by atoms with van der Waals surface area (Å²) in [7, 11) is 0. The molecule has 8 atom stereocenters. The summed E-state index contributed by atoms with van der Waals surface area (Å²) in [6.07, 6.45) is 64.8. The van der Waals surface area contributed by atoms with Crippen LogP contribution in [0.1, 0.15) is 194 Å². The molecule has 0 spiro atoms. The van der Waals surface area contributed by atoms with Crippen LogP contribution in [0.3, 0.4) is 0 Å². The van der Waals surface area contributed by atoms with Crippen molar-refractivity contribution in [3.05, 3.63) is 146 Å². The highest BCUT2D eigenvalue weighted by Crippen LogP contribution is 2.26. The van der Waals surface area contributed by atoms with E-state index in [-0.39, 0.29) is 19.4 Å². The lowest BCUT2D eigenvalue weighted by Crippen LogP contribution is -2.61. The van der Waals surface area contributed by atoms with Crippen molar-refractivity contribution in [2.45, 2.75) is 243 Å². The smallest absolute Gasteiger partial charge is 0.306 e. The molecule has 11 nitrogen and oxygen atoms in total. The monoisotopic (exact) mass is 1070 g/mol. The van der Waals surface area contributed by atoms with Gasteiger partial charge in [-0.25, -0.2) is 0 Å². The molecule has 0 bridgehead atoms. The van der Waals surface area contributed by atoms with Gasteiger partial charge in [-0.15, -0.1) is 0 Å². The van der Waals surface area contributed by atoms with Crippen molar-refractivity contribution in [1.82, 2.24) is 5.32 Å². The fourth-order valence-electron chi connectivity index (χ4n) is 8.11. The number of esters is 1. The minimum Gasteiger partial charge on any atom is -0.454 e. The lowest BCUT2D eigenvalue weighted by molar-refractivity contribution is -0.305. The first kappa shape index (κ1) is 70.6. The van der Waals surface area contributed by atoms with E-state index in [1.54, 1.807) is 12.2 Å². The number of hydrogen-bond acceptors (Lipinski definition) is 10. The number of rotatable bonds is 47. The van der Waals surface area contributed by atoms with Crippen LogP contribution in [0.15, 0.2) is 146 Å². The zero-order chi connectivity index (χ0) is 56.1. The van der Waals surface area contributed by atoms with Gasteiger partial charge in [-0.05, 0) is 96.3 Å². The van der Waals surface area contributed by atoms with Crippen molar-refractivity contribution in [2.24, 2.45) is 0 Å². The summed E-state index contributed by atoms with van der Waals surface area (Å²) in [5.74, 6) is -1.36. The molecule has 77 heavy (non-hydrogen) atoms. The zero-order valence-electron chi connectivity index (χ0n) is 47.8. The molecule has 6 N–H and O–H groups in total. The summed E-state index contributed by atoms with van der Waals surface area (Å²) < 4.78 is 17.5. The van der Waals surface area contributed by atoms with E-state index < -0.39 is 67.4 Å². The Morgan fingerprint density at radius 2 is 0.935 bits per heavy atom. The van der Waals surface area contributed by atoms with E-state index in [1.165, 1.54) is 51.4 Å². The van der Waals surface area contributed by atoms with Crippen LogP contribution in [0, 0.1) is 0 Å². The van der Waals surface area contributed by atoms with Gasteiger partial charge in [-0.2, -0.15) is 0 Å². The van der Waals surface area contributed by atoms with Gasteiger partial charge in [0.2, 0.25) is 5.91 Å². The second-order valence-electron chi connectivity index (χ2n) is 19.6. The number of carbonyl (C=O) groups excluding carboxylic acids is 2. The Labute approximate surface area is 466 Å². The Hall–Kier alpha value is -4.46. The summed E-state index contributed by atoms with van der Waals surface area (Å²) in [6.45, 7) is 5.46. The predicted octanol–water partition coefficient (Wildman–Crippen LogP) is 13.8. The molecule has 0 saturated carbocycles. The Balaban J connectivity index is 2.83. The Bertz CT molecular complexity index is 1800. The van der Waals surface area contributed by atoms with E-state index in [0.29, 0.717) is 19.3 Å². The molecule has 1 aliphatic heterocycles. The second kappa shape index (κ2) is 52.3. The molecule has 0 radical (unpaired) electrons. The van der Waals surface area contributed by atoms with Crippen molar-refractivity contribution < 1.29 is 49.3 Å². The molecule has 0 aromatic heterocycles. The van der Waals surface area contributed by atoms with E-state index in [4.69, 9.17) is 14.2 Å². The molecule has 1 heterocycles. The summed E-state index contributed by atoms with van der Waals surface area (Å²) in [5.41, 5.74) is 0. The van der Waals surface area contributed by atoms with Crippen LogP contribution >= 0.6 is 0 Å². The first-order chi connectivity index (χ1) is 37.7. The first-order valence-electron chi connectivity index (χ1n) is 29.6. The summed E-state index contributed by atoms with van der Waals surface area (Å²) >= 11 is 0. The van der Waals surface area contributed by atoms with Gasteiger partial charge in [0.15, 0.2) is 12.4 Å². The average molecular weight is 1070 g/mol. The number of amides is 1. The molecule has 11 heteroatoms. The van der Waals surface area contributed by atoms with E-state index in [2.05, 4.69) is 129 Å². The number of carbonyl (C=O) groups is 2. The van der Waals surface area contributed by atoms with Crippen LogP contribution in [-0.2, 0) is 23.8 Å². The van der Waals surface area contributed by atoms with Crippen LogP contribution in [0.25, 0.3) is 0 Å². The van der Waals surface area contributed by atoms with Crippen LogP contribution in [0.5, 0.6) is 0 Å². The molecule has 1 saturated heterocycles. The third-order valence-corrected chi connectivity index (χ3v) is 12.7. The van der Waals surface area contributed by atoms with Gasteiger partial charge in [0.1, 0.15) is 24.4 Å². The molecule has 1 rings (SSSR count). The average Bonchev–Trinajstić information content (AvgIpc) is 3.43. The molecule has 1 fully saturated rings. The van der Waals surface area contributed by atoms with Gasteiger partial charge in [-0.1, -0.05) is 231 Å². The van der Waals surface area contributed by atoms with E-state index in [1.807, 2.05) is 30.4 Å². The maximum absolute atomic E-state index is 13.4. The highest BCUT2D eigenvalue weighted by atomic mass is 16.7. The van der Waals surface area contributed by atoms with E-state index in [9.17, 15) is 35.1 Å².